The van der Waals surface area contributed by atoms with Crippen LogP contribution in [0.25, 0.3) is 0 Å². The second kappa shape index (κ2) is 6.03. The lowest BCUT2D eigenvalue weighted by atomic mass is 10.0. The SMILES string of the molecule is COc1cc(CCc2cc(OC)c3c(c2)OCO3)cc2c1OCO2. The second-order valence-electron chi connectivity index (χ2n) is 5.56. The molecule has 2 heterocycles. The van der Waals surface area contributed by atoms with Crippen LogP contribution < -0.4 is 28.4 Å². The number of hydrogen-bond donors (Lipinski definition) is 0. The number of fused-ring (bicyclic) bond motifs is 2. The topological polar surface area (TPSA) is 55.4 Å². The molecule has 0 aromatic heterocycles. The van der Waals surface area contributed by atoms with E-state index in [0.717, 1.165) is 35.5 Å². The molecule has 2 aromatic carbocycles. The molecule has 2 aromatic rings. The highest BCUT2D eigenvalue weighted by Crippen LogP contribution is 2.43. The average molecular weight is 330 g/mol. The number of rotatable bonds is 5. The average Bonchev–Trinajstić information content (AvgIpc) is 3.27. The summed E-state index contributed by atoms with van der Waals surface area (Å²) in [4.78, 5) is 0. The Labute approximate surface area is 139 Å². The molecule has 0 saturated heterocycles. The quantitative estimate of drug-likeness (QED) is 0.840. The molecule has 0 saturated carbocycles. The molecule has 0 radical (unpaired) electrons. The van der Waals surface area contributed by atoms with Crippen LogP contribution >= 0.6 is 0 Å². The molecule has 126 valence electrons. The monoisotopic (exact) mass is 330 g/mol. The Morgan fingerprint density at radius 2 is 1.17 bits per heavy atom. The summed E-state index contributed by atoms with van der Waals surface area (Å²) < 4.78 is 32.6. The Bertz CT molecular complexity index is 705. The van der Waals surface area contributed by atoms with E-state index >= 15 is 0 Å². The van der Waals surface area contributed by atoms with Crippen molar-refractivity contribution in [2.75, 3.05) is 27.8 Å². The first-order chi connectivity index (χ1) is 11.8. The Morgan fingerprint density at radius 1 is 0.708 bits per heavy atom. The molecule has 6 nitrogen and oxygen atoms in total. The molecule has 0 N–H and O–H groups in total. The number of ether oxygens (including phenoxy) is 6. The molecule has 0 spiro atoms. The maximum Gasteiger partial charge on any atom is 0.231 e. The predicted octanol–water partition coefficient (Wildman–Crippen LogP) is 2.95. The van der Waals surface area contributed by atoms with Crippen molar-refractivity contribution in [1.82, 2.24) is 0 Å². The highest BCUT2D eigenvalue weighted by Gasteiger charge is 2.22. The van der Waals surface area contributed by atoms with Gasteiger partial charge in [0.2, 0.25) is 25.1 Å². The van der Waals surface area contributed by atoms with Crippen molar-refractivity contribution in [3.05, 3.63) is 35.4 Å². The minimum Gasteiger partial charge on any atom is -0.493 e. The second-order valence-corrected chi connectivity index (χ2v) is 5.56. The van der Waals surface area contributed by atoms with Crippen LogP contribution in [0.1, 0.15) is 11.1 Å². The third-order valence-corrected chi connectivity index (χ3v) is 4.14. The molecular formula is C18H18O6. The van der Waals surface area contributed by atoms with Crippen LogP contribution in [0.4, 0.5) is 0 Å². The molecular weight excluding hydrogens is 312 g/mol. The maximum absolute atomic E-state index is 5.47. The van der Waals surface area contributed by atoms with Crippen LogP contribution in [-0.4, -0.2) is 27.8 Å². The molecule has 24 heavy (non-hydrogen) atoms. The summed E-state index contributed by atoms with van der Waals surface area (Å²) in [7, 11) is 3.26. The highest BCUT2D eigenvalue weighted by molar-refractivity contribution is 5.56. The van der Waals surface area contributed by atoms with E-state index in [1.54, 1.807) is 14.2 Å². The molecule has 0 atom stereocenters. The lowest BCUT2D eigenvalue weighted by molar-refractivity contribution is 0.171. The zero-order valence-electron chi connectivity index (χ0n) is 13.6. The third-order valence-electron chi connectivity index (χ3n) is 4.14. The van der Waals surface area contributed by atoms with Gasteiger partial charge < -0.3 is 28.4 Å². The van der Waals surface area contributed by atoms with Gasteiger partial charge in [0.25, 0.3) is 0 Å². The number of hydrogen-bond acceptors (Lipinski definition) is 6. The van der Waals surface area contributed by atoms with Crippen molar-refractivity contribution < 1.29 is 28.4 Å². The largest absolute Gasteiger partial charge is 0.493 e. The molecule has 0 amide bonds. The zero-order chi connectivity index (χ0) is 16.5. The van der Waals surface area contributed by atoms with Gasteiger partial charge in [0, 0.05) is 0 Å². The van der Waals surface area contributed by atoms with Crippen molar-refractivity contribution in [2.24, 2.45) is 0 Å². The fourth-order valence-electron chi connectivity index (χ4n) is 2.95. The summed E-state index contributed by atoms with van der Waals surface area (Å²) in [6, 6.07) is 7.96. The van der Waals surface area contributed by atoms with Crippen LogP contribution in [0.5, 0.6) is 34.5 Å². The van der Waals surface area contributed by atoms with Gasteiger partial charge >= 0.3 is 0 Å². The Morgan fingerprint density at radius 3 is 1.58 bits per heavy atom. The van der Waals surface area contributed by atoms with Gasteiger partial charge in [-0.2, -0.15) is 0 Å². The van der Waals surface area contributed by atoms with E-state index in [1.165, 1.54) is 0 Å². The van der Waals surface area contributed by atoms with Gasteiger partial charge in [-0.1, -0.05) is 0 Å². The Kier molecular flexibility index (Phi) is 3.72. The first-order valence-corrected chi connectivity index (χ1v) is 7.71. The number of methoxy groups -OCH3 is 2. The smallest absolute Gasteiger partial charge is 0.231 e. The molecule has 2 aliphatic heterocycles. The van der Waals surface area contributed by atoms with Crippen LogP contribution in [-0.2, 0) is 12.8 Å². The van der Waals surface area contributed by atoms with E-state index in [0.29, 0.717) is 23.0 Å². The minimum atomic E-state index is 0.231. The molecule has 2 aliphatic rings. The van der Waals surface area contributed by atoms with E-state index in [1.807, 2.05) is 24.3 Å². The molecule has 0 aliphatic carbocycles. The lowest BCUT2D eigenvalue weighted by Gasteiger charge is -2.10. The standard InChI is InChI=1S/C18H18O6/c1-19-13-5-11(7-15-17(13)23-9-21-15)3-4-12-6-14(20-2)18-16(8-12)22-10-24-18/h5-8H,3-4,9-10H2,1-2H3. The zero-order valence-corrected chi connectivity index (χ0v) is 13.6. The maximum atomic E-state index is 5.47. The van der Waals surface area contributed by atoms with E-state index in [9.17, 15) is 0 Å². The summed E-state index contributed by atoms with van der Waals surface area (Å²) >= 11 is 0. The van der Waals surface area contributed by atoms with Gasteiger partial charge in [0.1, 0.15) is 0 Å². The summed E-state index contributed by atoms with van der Waals surface area (Å²) in [6.45, 7) is 0.461. The van der Waals surface area contributed by atoms with Crippen molar-refractivity contribution in [3.8, 4) is 34.5 Å². The lowest BCUT2D eigenvalue weighted by Crippen LogP contribution is -1.95. The normalized spacial score (nSPS) is 13.9. The fraction of sp³-hybridized carbons (Fsp3) is 0.333. The van der Waals surface area contributed by atoms with Gasteiger partial charge in [-0.05, 0) is 48.2 Å². The fourth-order valence-corrected chi connectivity index (χ4v) is 2.95. The van der Waals surface area contributed by atoms with Crippen molar-refractivity contribution in [3.63, 3.8) is 0 Å². The van der Waals surface area contributed by atoms with Crippen LogP contribution in [0.2, 0.25) is 0 Å². The first-order valence-electron chi connectivity index (χ1n) is 7.71. The van der Waals surface area contributed by atoms with E-state index in [-0.39, 0.29) is 13.6 Å². The van der Waals surface area contributed by atoms with Crippen LogP contribution in [0.15, 0.2) is 24.3 Å². The Hall–Kier alpha value is -2.76. The van der Waals surface area contributed by atoms with Crippen LogP contribution in [0.3, 0.4) is 0 Å². The molecule has 6 heteroatoms. The molecule has 0 unspecified atom stereocenters. The highest BCUT2D eigenvalue weighted by atomic mass is 16.7. The number of benzene rings is 2. The van der Waals surface area contributed by atoms with Gasteiger partial charge in [-0.3, -0.25) is 0 Å². The van der Waals surface area contributed by atoms with Gasteiger partial charge in [0.05, 0.1) is 14.2 Å². The van der Waals surface area contributed by atoms with Crippen molar-refractivity contribution in [2.45, 2.75) is 12.8 Å². The molecule has 0 fully saturated rings. The first kappa shape index (κ1) is 14.8. The van der Waals surface area contributed by atoms with Gasteiger partial charge in [-0.25, -0.2) is 0 Å². The van der Waals surface area contributed by atoms with E-state index in [2.05, 4.69) is 0 Å². The Balaban J connectivity index is 1.55. The molecule has 0 bridgehead atoms. The minimum absolute atomic E-state index is 0.231. The third kappa shape index (κ3) is 2.54. The van der Waals surface area contributed by atoms with E-state index < -0.39 is 0 Å². The van der Waals surface area contributed by atoms with Crippen LogP contribution in [0, 0.1) is 0 Å². The number of aryl methyl sites for hydroxylation is 2. The van der Waals surface area contributed by atoms with Gasteiger partial charge in [-0.15, -0.1) is 0 Å². The summed E-state index contributed by atoms with van der Waals surface area (Å²) in [5.74, 6) is 4.20. The van der Waals surface area contributed by atoms with Crippen molar-refractivity contribution >= 4 is 0 Å². The van der Waals surface area contributed by atoms with Gasteiger partial charge in [0.15, 0.2) is 23.0 Å². The van der Waals surface area contributed by atoms with E-state index in [4.69, 9.17) is 28.4 Å². The summed E-state index contributed by atoms with van der Waals surface area (Å²) in [5, 5.41) is 0. The van der Waals surface area contributed by atoms with Crippen molar-refractivity contribution in [1.29, 1.82) is 0 Å². The summed E-state index contributed by atoms with van der Waals surface area (Å²) in [6.07, 6.45) is 1.66. The summed E-state index contributed by atoms with van der Waals surface area (Å²) in [5.41, 5.74) is 2.24. The molecule has 4 rings (SSSR count). The predicted molar refractivity (Wildman–Crippen MR) is 85.6 cm³/mol.